The van der Waals surface area contributed by atoms with Crippen LogP contribution < -0.4 is 10.5 Å². The molecule has 0 bridgehead atoms. The van der Waals surface area contributed by atoms with E-state index in [4.69, 9.17) is 31.9 Å². The van der Waals surface area contributed by atoms with Crippen LogP contribution in [0.5, 0.6) is 11.5 Å². The highest BCUT2D eigenvalue weighted by Gasteiger charge is 2.31. The smallest absolute Gasteiger partial charge is 0.416 e. The van der Waals surface area contributed by atoms with Crippen molar-refractivity contribution in [2.45, 2.75) is 26.6 Å². The number of aliphatic hydroxyl groups excluding tert-OH is 1. The van der Waals surface area contributed by atoms with E-state index in [0.29, 0.717) is 23.3 Å². The second-order valence-electron chi connectivity index (χ2n) is 7.55. The molecule has 3 aromatic rings. The number of nitrogens with zero attached hydrogens (tertiary/aromatic N) is 3. The molecular formula is C24H22ClF3N4O8. The van der Waals surface area contributed by atoms with Gasteiger partial charge in [-0.3, -0.25) is 10.1 Å². The molecule has 16 heteroatoms. The second kappa shape index (κ2) is 14.0. The van der Waals surface area contributed by atoms with Crippen LogP contribution in [0.25, 0.3) is 0 Å². The zero-order chi connectivity index (χ0) is 30.0. The minimum absolute atomic E-state index is 0.0493. The van der Waals surface area contributed by atoms with Crippen molar-refractivity contribution in [3.05, 3.63) is 80.2 Å². The number of benzene rings is 2. The molecule has 3 N–H and O–H groups in total. The Morgan fingerprint density at radius 3 is 2.42 bits per heavy atom. The van der Waals surface area contributed by atoms with Gasteiger partial charge in [-0.25, -0.2) is 19.6 Å². The highest BCUT2D eigenvalue weighted by Crippen LogP contribution is 2.37. The van der Waals surface area contributed by atoms with Gasteiger partial charge >= 0.3 is 18.1 Å². The van der Waals surface area contributed by atoms with Crippen molar-refractivity contribution in [3.63, 3.8) is 0 Å². The van der Waals surface area contributed by atoms with E-state index >= 15 is 0 Å². The molecule has 1 heterocycles. The van der Waals surface area contributed by atoms with Crippen LogP contribution in [0, 0.1) is 17.0 Å². The summed E-state index contributed by atoms with van der Waals surface area (Å²) in [7, 11) is 0. The highest BCUT2D eigenvalue weighted by molar-refractivity contribution is 6.32. The Hall–Kier alpha value is -4.50. The summed E-state index contributed by atoms with van der Waals surface area (Å²) >= 11 is 5.81. The molecule has 0 radical (unpaired) electrons. The van der Waals surface area contributed by atoms with Crippen LogP contribution in [0.3, 0.4) is 0 Å². The standard InChI is InChI=1S/C18H13ClF3NO7.C6H9N3O/c1-2-28-16(24)9-29-17(25)12-8-11(4-5-14(12)23(26)27)30-15-6-3-10(7-13(15)19)18(20,21)22;1-4-8-2-5(3-10)6(7)9-4/h3-8H,2,9H2,1H3;2,10H,3H2,1H3,(H2,7,8,9). The lowest BCUT2D eigenvalue weighted by atomic mass is 10.1. The SMILES string of the molecule is CCOC(=O)COC(=O)c1cc(Oc2ccc(C(F)(F)F)cc2Cl)ccc1[N+](=O)[O-].Cc1ncc(CO)c(N)n1. The molecule has 0 aliphatic carbocycles. The van der Waals surface area contributed by atoms with E-state index in [0.717, 1.165) is 30.3 Å². The minimum Gasteiger partial charge on any atom is -0.463 e. The fourth-order valence-corrected chi connectivity index (χ4v) is 3.05. The van der Waals surface area contributed by atoms with Crippen molar-refractivity contribution in [3.8, 4) is 11.5 Å². The van der Waals surface area contributed by atoms with Gasteiger partial charge in [-0.1, -0.05) is 11.6 Å². The normalized spacial score (nSPS) is 10.7. The Labute approximate surface area is 229 Å². The quantitative estimate of drug-likeness (QED) is 0.213. The fraction of sp³-hybridized carbons (Fsp3) is 0.250. The summed E-state index contributed by atoms with van der Waals surface area (Å²) in [5, 5.41) is 19.4. The van der Waals surface area contributed by atoms with Gasteiger partial charge in [-0.15, -0.1) is 0 Å². The van der Waals surface area contributed by atoms with E-state index in [1.54, 1.807) is 6.92 Å². The summed E-state index contributed by atoms with van der Waals surface area (Å²) in [5.41, 5.74) is 3.83. The van der Waals surface area contributed by atoms with Crippen molar-refractivity contribution < 1.29 is 47.0 Å². The Balaban J connectivity index is 0.000000469. The number of carbonyl (C=O) groups excluding carboxylic acids is 2. The molecule has 1 aromatic heterocycles. The van der Waals surface area contributed by atoms with Crippen molar-refractivity contribution in [2.24, 2.45) is 0 Å². The number of anilines is 1. The molecule has 214 valence electrons. The van der Waals surface area contributed by atoms with Gasteiger partial charge in [0.15, 0.2) is 6.61 Å². The average molecular weight is 587 g/mol. The van der Waals surface area contributed by atoms with E-state index in [1.165, 1.54) is 13.1 Å². The van der Waals surface area contributed by atoms with Gasteiger partial charge in [0.25, 0.3) is 5.69 Å². The number of carbonyl (C=O) groups is 2. The van der Waals surface area contributed by atoms with Crippen LogP contribution in [0.4, 0.5) is 24.7 Å². The van der Waals surface area contributed by atoms with E-state index < -0.39 is 46.5 Å². The third kappa shape index (κ3) is 9.06. The number of ether oxygens (including phenoxy) is 3. The van der Waals surface area contributed by atoms with Gasteiger partial charge in [0, 0.05) is 23.9 Å². The Bertz CT molecular complexity index is 1390. The van der Waals surface area contributed by atoms with Crippen LogP contribution in [-0.4, -0.2) is 45.2 Å². The lowest BCUT2D eigenvalue weighted by molar-refractivity contribution is -0.385. The number of nitrogen functional groups attached to an aromatic ring is 1. The Kier molecular flexibility index (Phi) is 11.1. The number of hydrogen-bond donors (Lipinski definition) is 2. The van der Waals surface area contributed by atoms with Crippen molar-refractivity contribution in [1.82, 2.24) is 9.97 Å². The second-order valence-corrected chi connectivity index (χ2v) is 7.96. The molecule has 0 spiro atoms. The zero-order valence-electron chi connectivity index (χ0n) is 20.9. The van der Waals surface area contributed by atoms with Gasteiger partial charge < -0.3 is 25.1 Å². The number of halogens is 4. The lowest BCUT2D eigenvalue weighted by Crippen LogP contribution is -2.17. The summed E-state index contributed by atoms with van der Waals surface area (Å²) in [4.78, 5) is 41.5. The van der Waals surface area contributed by atoms with Crippen LogP contribution in [0.2, 0.25) is 5.02 Å². The predicted molar refractivity (Wildman–Crippen MR) is 134 cm³/mol. The van der Waals surface area contributed by atoms with Gasteiger partial charge in [0.2, 0.25) is 0 Å². The average Bonchev–Trinajstić information content (AvgIpc) is 2.88. The molecule has 0 aliphatic heterocycles. The maximum atomic E-state index is 12.7. The number of alkyl halides is 3. The molecular weight excluding hydrogens is 565 g/mol. The van der Waals surface area contributed by atoms with Gasteiger partial charge in [0.1, 0.15) is 28.7 Å². The number of esters is 2. The molecule has 0 unspecified atom stereocenters. The number of nitro benzene ring substituents is 1. The summed E-state index contributed by atoms with van der Waals surface area (Å²) in [6.07, 6.45) is -3.08. The molecule has 0 saturated heterocycles. The van der Waals surface area contributed by atoms with E-state index in [9.17, 15) is 32.9 Å². The van der Waals surface area contributed by atoms with Crippen molar-refractivity contribution in [1.29, 1.82) is 0 Å². The summed E-state index contributed by atoms with van der Waals surface area (Å²) in [5.74, 6) is -1.38. The van der Waals surface area contributed by atoms with Gasteiger partial charge in [0.05, 0.1) is 28.7 Å². The van der Waals surface area contributed by atoms with Crippen molar-refractivity contribution >= 4 is 35.0 Å². The maximum Gasteiger partial charge on any atom is 0.416 e. The molecule has 0 aliphatic rings. The number of nitrogens with two attached hydrogens (primary N) is 1. The highest BCUT2D eigenvalue weighted by atomic mass is 35.5. The minimum atomic E-state index is -4.61. The zero-order valence-corrected chi connectivity index (χ0v) is 21.7. The van der Waals surface area contributed by atoms with E-state index in [2.05, 4.69) is 14.7 Å². The predicted octanol–water partition coefficient (Wildman–Crippen LogP) is 4.64. The summed E-state index contributed by atoms with van der Waals surface area (Å²) in [6, 6.07) is 5.35. The molecule has 12 nitrogen and oxygen atoms in total. The molecule has 40 heavy (non-hydrogen) atoms. The third-order valence-electron chi connectivity index (χ3n) is 4.69. The molecule has 3 rings (SSSR count). The number of aryl methyl sites for hydroxylation is 1. The number of hydrogen-bond acceptors (Lipinski definition) is 11. The Morgan fingerprint density at radius 1 is 1.18 bits per heavy atom. The fourth-order valence-electron chi connectivity index (χ4n) is 2.83. The van der Waals surface area contributed by atoms with Crippen LogP contribution >= 0.6 is 11.6 Å². The number of aliphatic hydroxyl groups is 1. The molecule has 2 aromatic carbocycles. The van der Waals surface area contributed by atoms with Gasteiger partial charge in [-0.2, -0.15) is 13.2 Å². The van der Waals surface area contributed by atoms with Crippen LogP contribution in [0.1, 0.15) is 34.2 Å². The first kappa shape index (κ1) is 31.7. The first-order valence-electron chi connectivity index (χ1n) is 11.1. The molecule has 0 saturated carbocycles. The largest absolute Gasteiger partial charge is 0.463 e. The first-order chi connectivity index (χ1) is 18.8. The summed E-state index contributed by atoms with van der Waals surface area (Å²) in [6.45, 7) is 2.47. The number of nitro groups is 1. The van der Waals surface area contributed by atoms with Crippen LogP contribution in [-0.2, 0) is 27.1 Å². The monoisotopic (exact) mass is 586 g/mol. The molecule has 0 amide bonds. The molecule has 0 fully saturated rings. The first-order valence-corrected chi connectivity index (χ1v) is 11.5. The van der Waals surface area contributed by atoms with Crippen LogP contribution in [0.15, 0.2) is 42.6 Å². The third-order valence-corrected chi connectivity index (χ3v) is 4.98. The number of aromatic nitrogens is 2. The summed E-state index contributed by atoms with van der Waals surface area (Å²) < 4.78 is 52.8. The maximum absolute atomic E-state index is 12.7. The molecule has 0 atom stereocenters. The van der Waals surface area contributed by atoms with Crippen molar-refractivity contribution in [2.75, 3.05) is 18.9 Å². The number of rotatable bonds is 8. The van der Waals surface area contributed by atoms with E-state index in [-0.39, 0.29) is 29.7 Å². The van der Waals surface area contributed by atoms with Gasteiger partial charge in [-0.05, 0) is 38.1 Å². The lowest BCUT2D eigenvalue weighted by Gasteiger charge is -2.12. The topological polar surface area (TPSA) is 177 Å². The Morgan fingerprint density at radius 2 is 1.88 bits per heavy atom. The van der Waals surface area contributed by atoms with E-state index in [1.807, 2.05) is 0 Å².